The molecule has 0 atom stereocenters. The van der Waals surface area contributed by atoms with Gasteiger partial charge in [-0.2, -0.15) is 0 Å². The lowest BCUT2D eigenvalue weighted by molar-refractivity contribution is 0.154. The van der Waals surface area contributed by atoms with Gasteiger partial charge < -0.3 is 4.74 Å². The molecule has 0 saturated carbocycles. The Balaban J connectivity index is 2.40. The van der Waals surface area contributed by atoms with Crippen LogP contribution in [0, 0.1) is 0 Å². The maximum atomic E-state index is 11.3. The van der Waals surface area contributed by atoms with Crippen LogP contribution in [0.15, 0.2) is 30.9 Å². The van der Waals surface area contributed by atoms with Crippen LogP contribution in [0.1, 0.15) is 6.92 Å². The molecule has 0 amide bonds. The lowest BCUT2D eigenvalue weighted by Gasteiger charge is -1.99. The summed E-state index contributed by atoms with van der Waals surface area (Å²) in [6.45, 7) is 2.16. The highest BCUT2D eigenvalue weighted by Crippen LogP contribution is 2.13. The molecule has 0 unspecified atom stereocenters. The molecule has 0 radical (unpaired) electrons. The third-order valence-electron chi connectivity index (χ3n) is 1.92. The highest BCUT2D eigenvalue weighted by Gasteiger charge is 2.05. The van der Waals surface area contributed by atoms with Crippen LogP contribution < -0.4 is 0 Å². The molecule has 0 aliphatic heterocycles. The first-order valence-electron chi connectivity index (χ1n) is 4.40. The van der Waals surface area contributed by atoms with E-state index in [1.54, 1.807) is 31.7 Å². The molecule has 4 nitrogen and oxygen atoms in total. The molecule has 0 spiro atoms. The zero-order valence-corrected chi connectivity index (χ0v) is 7.80. The van der Waals surface area contributed by atoms with E-state index in [9.17, 15) is 4.79 Å². The van der Waals surface area contributed by atoms with E-state index in [0.29, 0.717) is 6.61 Å². The van der Waals surface area contributed by atoms with Crippen molar-refractivity contribution in [1.29, 1.82) is 0 Å². The Morgan fingerprint density at radius 3 is 3.00 bits per heavy atom. The zero-order valence-electron chi connectivity index (χ0n) is 7.80. The van der Waals surface area contributed by atoms with Crippen LogP contribution in [0.4, 0.5) is 4.79 Å². The van der Waals surface area contributed by atoms with Gasteiger partial charge in [-0.1, -0.05) is 0 Å². The van der Waals surface area contributed by atoms with Gasteiger partial charge in [-0.15, -0.1) is 0 Å². The minimum absolute atomic E-state index is 0.358. The molecule has 0 aliphatic rings. The number of hydrogen-bond acceptors (Lipinski definition) is 3. The Kier molecular flexibility index (Phi) is 2.18. The van der Waals surface area contributed by atoms with Crippen LogP contribution in [0.25, 0.3) is 10.8 Å². The Bertz CT molecular complexity index is 429. The van der Waals surface area contributed by atoms with Gasteiger partial charge >= 0.3 is 6.09 Å². The van der Waals surface area contributed by atoms with Crippen molar-refractivity contribution in [3.63, 3.8) is 0 Å². The molecule has 2 aromatic heterocycles. The van der Waals surface area contributed by atoms with E-state index >= 15 is 0 Å². The second-order valence-corrected chi connectivity index (χ2v) is 2.87. The summed E-state index contributed by atoms with van der Waals surface area (Å²) in [7, 11) is 0. The number of fused-ring (bicyclic) bond motifs is 1. The molecular weight excluding hydrogens is 180 g/mol. The fourth-order valence-electron chi connectivity index (χ4n) is 1.28. The number of pyridine rings is 1. The fourth-order valence-corrected chi connectivity index (χ4v) is 1.28. The average Bonchev–Trinajstić information content (AvgIpc) is 2.61. The van der Waals surface area contributed by atoms with Gasteiger partial charge in [-0.3, -0.25) is 9.55 Å². The SMILES string of the molecule is CCOC(=O)n1cc2ccncc2c1. The van der Waals surface area contributed by atoms with Crippen molar-refractivity contribution in [2.75, 3.05) is 6.61 Å². The summed E-state index contributed by atoms with van der Waals surface area (Å²) >= 11 is 0. The van der Waals surface area contributed by atoms with Crippen molar-refractivity contribution in [3.8, 4) is 0 Å². The minimum Gasteiger partial charge on any atom is -0.449 e. The maximum absolute atomic E-state index is 11.3. The lowest BCUT2D eigenvalue weighted by Crippen LogP contribution is -2.10. The van der Waals surface area contributed by atoms with Crippen molar-refractivity contribution >= 4 is 16.9 Å². The average molecular weight is 190 g/mol. The molecule has 2 aromatic rings. The van der Waals surface area contributed by atoms with Crippen molar-refractivity contribution < 1.29 is 9.53 Å². The van der Waals surface area contributed by atoms with E-state index in [0.717, 1.165) is 10.8 Å². The van der Waals surface area contributed by atoms with Gasteiger partial charge in [0.05, 0.1) is 6.61 Å². The predicted molar refractivity (Wildman–Crippen MR) is 52.2 cm³/mol. The molecule has 0 aromatic carbocycles. The molecule has 0 aliphatic carbocycles. The summed E-state index contributed by atoms with van der Waals surface area (Å²) in [5.41, 5.74) is 0. The molecular formula is C10H10N2O2. The van der Waals surface area contributed by atoms with E-state index in [1.165, 1.54) is 4.57 Å². The third kappa shape index (κ3) is 1.46. The molecule has 0 N–H and O–H groups in total. The number of rotatable bonds is 1. The van der Waals surface area contributed by atoms with Gasteiger partial charge in [-0.25, -0.2) is 4.79 Å². The molecule has 14 heavy (non-hydrogen) atoms. The normalized spacial score (nSPS) is 10.4. The van der Waals surface area contributed by atoms with E-state index in [4.69, 9.17) is 4.74 Å². The number of ether oxygens (including phenoxy) is 1. The van der Waals surface area contributed by atoms with E-state index in [1.807, 2.05) is 6.07 Å². The first-order chi connectivity index (χ1) is 6.81. The fraction of sp³-hybridized carbons (Fsp3) is 0.200. The van der Waals surface area contributed by atoms with Gasteiger partial charge in [0.1, 0.15) is 0 Å². The standard InChI is InChI=1S/C10H10N2O2/c1-2-14-10(13)12-6-8-3-4-11-5-9(8)7-12/h3-7H,2H2,1H3. The third-order valence-corrected chi connectivity index (χ3v) is 1.92. The van der Waals surface area contributed by atoms with Gasteiger partial charge in [-0.05, 0) is 13.0 Å². The van der Waals surface area contributed by atoms with E-state index in [2.05, 4.69) is 4.98 Å². The van der Waals surface area contributed by atoms with Gasteiger partial charge in [0.25, 0.3) is 0 Å². The first-order valence-corrected chi connectivity index (χ1v) is 4.40. The van der Waals surface area contributed by atoms with Crippen LogP contribution in [0.5, 0.6) is 0 Å². The molecule has 0 fully saturated rings. The van der Waals surface area contributed by atoms with Gasteiger partial charge in [0, 0.05) is 35.6 Å². The van der Waals surface area contributed by atoms with Crippen LogP contribution in [-0.4, -0.2) is 22.3 Å². The number of hydrogen-bond donors (Lipinski definition) is 0. The second-order valence-electron chi connectivity index (χ2n) is 2.87. The molecule has 0 bridgehead atoms. The number of nitrogens with zero attached hydrogens (tertiary/aromatic N) is 2. The Morgan fingerprint density at radius 2 is 2.29 bits per heavy atom. The van der Waals surface area contributed by atoms with Crippen LogP contribution in [0.3, 0.4) is 0 Å². The van der Waals surface area contributed by atoms with E-state index in [-0.39, 0.29) is 6.09 Å². The largest absolute Gasteiger partial charge is 0.449 e. The smallest absolute Gasteiger partial charge is 0.417 e. The van der Waals surface area contributed by atoms with Crippen molar-refractivity contribution in [2.24, 2.45) is 0 Å². The molecule has 0 saturated heterocycles. The Labute approximate surface area is 81.1 Å². The first kappa shape index (κ1) is 8.74. The minimum atomic E-state index is -0.358. The monoisotopic (exact) mass is 190 g/mol. The number of carbonyl (C=O) groups is 1. The van der Waals surface area contributed by atoms with Gasteiger partial charge in [0.2, 0.25) is 0 Å². The summed E-state index contributed by atoms with van der Waals surface area (Å²) in [5, 5.41) is 1.91. The molecule has 72 valence electrons. The quantitative estimate of drug-likeness (QED) is 0.691. The van der Waals surface area contributed by atoms with Crippen molar-refractivity contribution in [2.45, 2.75) is 6.92 Å². The summed E-state index contributed by atoms with van der Waals surface area (Å²) in [6, 6.07) is 1.85. The molecule has 2 heterocycles. The van der Waals surface area contributed by atoms with E-state index < -0.39 is 0 Å². The predicted octanol–water partition coefficient (Wildman–Crippen LogP) is 2.04. The number of aromatic nitrogens is 2. The van der Waals surface area contributed by atoms with Crippen LogP contribution in [0.2, 0.25) is 0 Å². The van der Waals surface area contributed by atoms with Crippen LogP contribution >= 0.6 is 0 Å². The highest BCUT2D eigenvalue weighted by atomic mass is 16.5. The maximum Gasteiger partial charge on any atom is 0.417 e. The van der Waals surface area contributed by atoms with Crippen molar-refractivity contribution in [3.05, 3.63) is 30.9 Å². The summed E-state index contributed by atoms with van der Waals surface area (Å²) in [5.74, 6) is 0. The summed E-state index contributed by atoms with van der Waals surface area (Å²) in [4.78, 5) is 15.3. The summed E-state index contributed by atoms with van der Waals surface area (Å²) < 4.78 is 6.29. The Hall–Kier alpha value is -1.84. The van der Waals surface area contributed by atoms with Crippen LogP contribution in [-0.2, 0) is 4.74 Å². The highest BCUT2D eigenvalue weighted by molar-refractivity contribution is 5.86. The van der Waals surface area contributed by atoms with Gasteiger partial charge in [0.15, 0.2) is 0 Å². The topological polar surface area (TPSA) is 44.1 Å². The lowest BCUT2D eigenvalue weighted by atomic mass is 10.3. The second kappa shape index (κ2) is 3.49. The Morgan fingerprint density at radius 1 is 1.50 bits per heavy atom. The molecule has 2 rings (SSSR count). The zero-order chi connectivity index (χ0) is 9.97. The van der Waals surface area contributed by atoms with Crippen molar-refractivity contribution in [1.82, 2.24) is 9.55 Å². The summed E-state index contributed by atoms with van der Waals surface area (Å²) in [6.07, 6.45) is 6.49. The number of carbonyl (C=O) groups excluding carboxylic acids is 1. The molecule has 4 heteroatoms.